The standard InChI is InChI=1S/C13H17NO3/c1-9(2)13(16)14-8-11(15)10-6-4-5-7-12(10)17-3/h4-7,9H,8H2,1-3H3,(H,14,16). The fraction of sp³-hybridized carbons (Fsp3) is 0.385. The number of ether oxygens (including phenoxy) is 1. The third kappa shape index (κ3) is 3.59. The third-order valence-corrected chi connectivity index (χ3v) is 2.35. The molecule has 4 nitrogen and oxygen atoms in total. The summed E-state index contributed by atoms with van der Waals surface area (Å²) >= 11 is 0. The molecule has 1 amide bonds. The number of carbonyl (C=O) groups is 2. The molecule has 0 heterocycles. The van der Waals surface area contributed by atoms with Crippen LogP contribution in [0.4, 0.5) is 0 Å². The van der Waals surface area contributed by atoms with Gasteiger partial charge in [0.05, 0.1) is 19.2 Å². The molecule has 0 unspecified atom stereocenters. The van der Waals surface area contributed by atoms with Gasteiger partial charge in [0.1, 0.15) is 5.75 Å². The molecule has 92 valence electrons. The Bertz CT molecular complexity index is 413. The van der Waals surface area contributed by atoms with E-state index in [1.165, 1.54) is 7.11 Å². The number of carbonyl (C=O) groups excluding carboxylic acids is 2. The number of hydrogen-bond donors (Lipinski definition) is 1. The van der Waals surface area contributed by atoms with Gasteiger partial charge in [-0.3, -0.25) is 9.59 Å². The Balaban J connectivity index is 2.67. The molecule has 1 aromatic carbocycles. The van der Waals surface area contributed by atoms with E-state index in [2.05, 4.69) is 5.32 Å². The third-order valence-electron chi connectivity index (χ3n) is 2.35. The van der Waals surface area contributed by atoms with Crippen LogP contribution < -0.4 is 10.1 Å². The van der Waals surface area contributed by atoms with E-state index in [9.17, 15) is 9.59 Å². The van der Waals surface area contributed by atoms with Gasteiger partial charge < -0.3 is 10.1 Å². The SMILES string of the molecule is COc1ccccc1C(=O)CNC(=O)C(C)C. The van der Waals surface area contributed by atoms with Gasteiger partial charge in [0.2, 0.25) is 5.91 Å². The van der Waals surface area contributed by atoms with Crippen LogP contribution in [0.3, 0.4) is 0 Å². The zero-order valence-corrected chi connectivity index (χ0v) is 10.3. The van der Waals surface area contributed by atoms with Crippen LogP contribution in [-0.2, 0) is 4.79 Å². The van der Waals surface area contributed by atoms with Crippen molar-refractivity contribution in [2.75, 3.05) is 13.7 Å². The first-order valence-electron chi connectivity index (χ1n) is 5.50. The van der Waals surface area contributed by atoms with Crippen molar-refractivity contribution in [1.82, 2.24) is 5.32 Å². The second-order valence-electron chi connectivity index (χ2n) is 4.00. The first-order valence-corrected chi connectivity index (χ1v) is 5.50. The van der Waals surface area contributed by atoms with Gasteiger partial charge in [-0.05, 0) is 12.1 Å². The Morgan fingerprint density at radius 1 is 1.29 bits per heavy atom. The summed E-state index contributed by atoms with van der Waals surface area (Å²) in [6.07, 6.45) is 0. The van der Waals surface area contributed by atoms with Gasteiger partial charge in [0.15, 0.2) is 5.78 Å². The minimum absolute atomic E-state index is 0.00259. The van der Waals surface area contributed by atoms with Crippen LogP contribution >= 0.6 is 0 Å². The first kappa shape index (κ1) is 13.2. The maximum Gasteiger partial charge on any atom is 0.222 e. The van der Waals surface area contributed by atoms with Crippen molar-refractivity contribution in [2.45, 2.75) is 13.8 Å². The largest absolute Gasteiger partial charge is 0.496 e. The normalized spacial score (nSPS) is 10.1. The maximum absolute atomic E-state index is 11.9. The number of methoxy groups -OCH3 is 1. The molecule has 0 spiro atoms. The summed E-state index contributed by atoms with van der Waals surface area (Å²) in [5, 5.41) is 2.59. The van der Waals surface area contributed by atoms with Gasteiger partial charge in [0.25, 0.3) is 0 Å². The van der Waals surface area contributed by atoms with Crippen molar-refractivity contribution in [3.8, 4) is 5.75 Å². The molecule has 0 fully saturated rings. The summed E-state index contributed by atoms with van der Waals surface area (Å²) in [6, 6.07) is 6.96. The molecule has 17 heavy (non-hydrogen) atoms. The molecule has 1 N–H and O–H groups in total. The first-order chi connectivity index (χ1) is 8.06. The lowest BCUT2D eigenvalue weighted by Crippen LogP contribution is -2.32. The van der Waals surface area contributed by atoms with E-state index >= 15 is 0 Å². The van der Waals surface area contributed by atoms with Crippen molar-refractivity contribution in [2.24, 2.45) is 5.92 Å². The fourth-order valence-corrected chi connectivity index (χ4v) is 1.34. The summed E-state index contributed by atoms with van der Waals surface area (Å²) in [5.74, 6) is 0.112. The quantitative estimate of drug-likeness (QED) is 0.789. The molecular formula is C13H17NO3. The zero-order chi connectivity index (χ0) is 12.8. The molecule has 0 atom stereocenters. The van der Waals surface area contributed by atoms with Gasteiger partial charge in [-0.2, -0.15) is 0 Å². The summed E-state index contributed by atoms with van der Waals surface area (Å²) in [6.45, 7) is 3.56. The van der Waals surface area contributed by atoms with E-state index < -0.39 is 0 Å². The molecule has 0 bridgehead atoms. The highest BCUT2D eigenvalue weighted by Crippen LogP contribution is 2.17. The molecule has 0 aliphatic carbocycles. The van der Waals surface area contributed by atoms with Crippen molar-refractivity contribution in [1.29, 1.82) is 0 Å². The van der Waals surface area contributed by atoms with Crippen LogP contribution in [-0.4, -0.2) is 25.3 Å². The lowest BCUT2D eigenvalue weighted by Gasteiger charge is -2.09. The predicted molar refractivity (Wildman–Crippen MR) is 65.2 cm³/mol. The number of nitrogens with one attached hydrogen (secondary N) is 1. The van der Waals surface area contributed by atoms with Gasteiger partial charge >= 0.3 is 0 Å². The Morgan fingerprint density at radius 3 is 2.53 bits per heavy atom. The smallest absolute Gasteiger partial charge is 0.222 e. The van der Waals surface area contributed by atoms with E-state index in [0.29, 0.717) is 11.3 Å². The van der Waals surface area contributed by atoms with Crippen molar-refractivity contribution in [3.63, 3.8) is 0 Å². The molecule has 0 saturated heterocycles. The Morgan fingerprint density at radius 2 is 1.94 bits per heavy atom. The molecule has 0 radical (unpaired) electrons. The molecule has 0 aromatic heterocycles. The average Bonchev–Trinajstić information content (AvgIpc) is 2.35. The Hall–Kier alpha value is -1.84. The fourth-order valence-electron chi connectivity index (χ4n) is 1.34. The number of para-hydroxylation sites is 1. The summed E-state index contributed by atoms with van der Waals surface area (Å²) < 4.78 is 5.09. The van der Waals surface area contributed by atoms with E-state index in [0.717, 1.165) is 0 Å². The van der Waals surface area contributed by atoms with Gasteiger partial charge in [0, 0.05) is 5.92 Å². The topological polar surface area (TPSA) is 55.4 Å². The lowest BCUT2D eigenvalue weighted by atomic mass is 10.1. The molecule has 1 aromatic rings. The number of rotatable bonds is 5. The molecule has 0 saturated carbocycles. The average molecular weight is 235 g/mol. The lowest BCUT2D eigenvalue weighted by molar-refractivity contribution is -0.123. The van der Waals surface area contributed by atoms with Crippen molar-refractivity contribution >= 4 is 11.7 Å². The van der Waals surface area contributed by atoms with Gasteiger partial charge in [-0.1, -0.05) is 26.0 Å². The number of Topliss-reactive ketones (excluding diaryl/α,β-unsaturated/α-hetero) is 1. The Kier molecular flexibility index (Phi) is 4.69. The monoisotopic (exact) mass is 235 g/mol. The van der Waals surface area contributed by atoms with E-state index in [-0.39, 0.29) is 24.2 Å². The number of hydrogen-bond acceptors (Lipinski definition) is 3. The highest BCUT2D eigenvalue weighted by Gasteiger charge is 2.13. The summed E-state index contributed by atoms with van der Waals surface area (Å²) in [5.41, 5.74) is 0.485. The van der Waals surface area contributed by atoms with E-state index in [4.69, 9.17) is 4.74 Å². The second kappa shape index (κ2) is 6.03. The molecular weight excluding hydrogens is 218 g/mol. The Labute approximate surface area is 101 Å². The number of benzene rings is 1. The number of ketones is 1. The van der Waals surface area contributed by atoms with Gasteiger partial charge in [-0.15, -0.1) is 0 Å². The van der Waals surface area contributed by atoms with Crippen LogP contribution in [0.2, 0.25) is 0 Å². The van der Waals surface area contributed by atoms with E-state index in [1.54, 1.807) is 38.1 Å². The molecule has 1 rings (SSSR count). The van der Waals surface area contributed by atoms with Crippen LogP contribution in [0.1, 0.15) is 24.2 Å². The van der Waals surface area contributed by atoms with Crippen LogP contribution in [0.15, 0.2) is 24.3 Å². The van der Waals surface area contributed by atoms with Crippen LogP contribution in [0, 0.1) is 5.92 Å². The minimum atomic E-state index is -0.156. The highest BCUT2D eigenvalue weighted by molar-refractivity contribution is 6.01. The highest BCUT2D eigenvalue weighted by atomic mass is 16.5. The summed E-state index contributed by atoms with van der Waals surface area (Å²) in [7, 11) is 1.51. The second-order valence-corrected chi connectivity index (χ2v) is 4.00. The molecule has 4 heteroatoms. The minimum Gasteiger partial charge on any atom is -0.496 e. The number of amides is 1. The van der Waals surface area contributed by atoms with Gasteiger partial charge in [-0.25, -0.2) is 0 Å². The van der Waals surface area contributed by atoms with Crippen molar-refractivity contribution < 1.29 is 14.3 Å². The van der Waals surface area contributed by atoms with E-state index in [1.807, 2.05) is 0 Å². The predicted octanol–water partition coefficient (Wildman–Crippen LogP) is 1.65. The van der Waals surface area contributed by atoms with Crippen LogP contribution in [0.5, 0.6) is 5.75 Å². The van der Waals surface area contributed by atoms with Crippen molar-refractivity contribution in [3.05, 3.63) is 29.8 Å². The molecule has 0 aliphatic heterocycles. The molecule has 0 aliphatic rings. The van der Waals surface area contributed by atoms with Crippen LogP contribution in [0.25, 0.3) is 0 Å². The zero-order valence-electron chi connectivity index (χ0n) is 10.3. The summed E-state index contributed by atoms with van der Waals surface area (Å²) in [4.78, 5) is 23.2. The maximum atomic E-state index is 11.9.